The lowest BCUT2D eigenvalue weighted by atomic mass is 10.00. The molecule has 0 aromatic carbocycles. The van der Waals surface area contributed by atoms with E-state index in [4.69, 9.17) is 0 Å². The van der Waals surface area contributed by atoms with Gasteiger partial charge in [0.1, 0.15) is 17.1 Å². The monoisotopic (exact) mass is 328 g/mol. The van der Waals surface area contributed by atoms with E-state index in [0.717, 1.165) is 5.82 Å². The molecular formula is C15H20N8O. The van der Waals surface area contributed by atoms with E-state index in [1.807, 2.05) is 44.0 Å². The Morgan fingerprint density at radius 2 is 2.08 bits per heavy atom. The second kappa shape index (κ2) is 5.23. The molecule has 0 saturated carbocycles. The van der Waals surface area contributed by atoms with Gasteiger partial charge in [0.15, 0.2) is 11.5 Å². The maximum Gasteiger partial charge on any atom is 0.176 e. The van der Waals surface area contributed by atoms with E-state index < -0.39 is 5.60 Å². The standard InChI is InChI=1S/C15H20N8O/c1-10(2)22-8-12(17-20-22)15(24)6-7-21(9-15)14-5-4-13-16-11(3)18-23(13)19-14/h4-5,8,10,24H,6-7,9H2,1-3H3/t15-/m1/s1. The van der Waals surface area contributed by atoms with Crippen LogP contribution >= 0.6 is 0 Å². The summed E-state index contributed by atoms with van der Waals surface area (Å²) < 4.78 is 3.29. The number of hydrogen-bond donors (Lipinski definition) is 1. The van der Waals surface area contributed by atoms with Crippen molar-refractivity contribution in [2.75, 3.05) is 18.0 Å². The van der Waals surface area contributed by atoms with Gasteiger partial charge in [-0.1, -0.05) is 5.21 Å². The molecule has 9 nitrogen and oxygen atoms in total. The van der Waals surface area contributed by atoms with Crippen LogP contribution in [0.4, 0.5) is 5.82 Å². The van der Waals surface area contributed by atoms with Gasteiger partial charge >= 0.3 is 0 Å². The summed E-state index contributed by atoms with van der Waals surface area (Å²) in [5.74, 6) is 1.45. The number of fused-ring (bicyclic) bond motifs is 1. The molecule has 4 heterocycles. The van der Waals surface area contributed by atoms with Crippen molar-refractivity contribution in [3.8, 4) is 0 Å². The topological polar surface area (TPSA) is 97.3 Å². The molecule has 3 aromatic heterocycles. The van der Waals surface area contributed by atoms with Gasteiger partial charge in [-0.25, -0.2) is 9.67 Å². The molecule has 1 aliphatic rings. The van der Waals surface area contributed by atoms with Crippen LogP contribution in [-0.2, 0) is 5.60 Å². The van der Waals surface area contributed by atoms with Crippen LogP contribution in [-0.4, -0.2) is 53.0 Å². The third-order valence-electron chi connectivity index (χ3n) is 4.39. The van der Waals surface area contributed by atoms with Crippen LogP contribution in [0.1, 0.15) is 37.8 Å². The predicted molar refractivity (Wildman–Crippen MR) is 86.7 cm³/mol. The lowest BCUT2D eigenvalue weighted by molar-refractivity contribution is 0.0558. The van der Waals surface area contributed by atoms with Crippen molar-refractivity contribution in [1.29, 1.82) is 0 Å². The van der Waals surface area contributed by atoms with E-state index in [-0.39, 0.29) is 6.04 Å². The summed E-state index contributed by atoms with van der Waals surface area (Å²) in [4.78, 5) is 6.31. The molecule has 9 heteroatoms. The van der Waals surface area contributed by atoms with Crippen LogP contribution in [0.3, 0.4) is 0 Å². The number of anilines is 1. The number of aryl methyl sites for hydroxylation is 1. The predicted octanol–water partition coefficient (Wildman–Crippen LogP) is 0.703. The second-order valence-corrected chi connectivity index (χ2v) is 6.58. The van der Waals surface area contributed by atoms with Crippen molar-refractivity contribution >= 4 is 11.5 Å². The Bertz CT molecular complexity index is 885. The molecule has 1 aliphatic heterocycles. The smallest absolute Gasteiger partial charge is 0.176 e. The van der Waals surface area contributed by atoms with Gasteiger partial charge in [-0.15, -0.1) is 19.9 Å². The average molecular weight is 328 g/mol. The number of nitrogens with zero attached hydrogens (tertiary/aromatic N) is 8. The molecule has 1 N–H and O–H groups in total. The minimum Gasteiger partial charge on any atom is -0.381 e. The molecule has 3 aromatic rings. The van der Waals surface area contributed by atoms with Crippen molar-refractivity contribution < 1.29 is 5.11 Å². The van der Waals surface area contributed by atoms with E-state index in [1.54, 1.807) is 4.68 Å². The molecule has 0 spiro atoms. The van der Waals surface area contributed by atoms with Gasteiger partial charge < -0.3 is 10.0 Å². The number of aromatic nitrogens is 7. The number of rotatable bonds is 3. The van der Waals surface area contributed by atoms with Gasteiger partial charge in [-0.05, 0) is 32.9 Å². The lowest BCUT2D eigenvalue weighted by Crippen LogP contribution is -2.31. The summed E-state index contributed by atoms with van der Waals surface area (Å²) in [5.41, 5.74) is 0.309. The highest BCUT2D eigenvalue weighted by molar-refractivity contribution is 5.47. The molecule has 1 atom stereocenters. The van der Waals surface area contributed by atoms with Crippen molar-refractivity contribution in [3.05, 3.63) is 29.8 Å². The fourth-order valence-electron chi connectivity index (χ4n) is 2.99. The first-order valence-corrected chi connectivity index (χ1v) is 8.05. The van der Waals surface area contributed by atoms with E-state index >= 15 is 0 Å². The van der Waals surface area contributed by atoms with Gasteiger partial charge in [0, 0.05) is 19.0 Å². The number of aliphatic hydroxyl groups is 1. The fraction of sp³-hybridized carbons (Fsp3) is 0.533. The molecule has 0 unspecified atom stereocenters. The van der Waals surface area contributed by atoms with E-state index in [9.17, 15) is 5.11 Å². The first kappa shape index (κ1) is 15.0. The van der Waals surface area contributed by atoms with Crippen LogP contribution in [0.2, 0.25) is 0 Å². The highest BCUT2D eigenvalue weighted by atomic mass is 16.3. The minimum absolute atomic E-state index is 0.215. The summed E-state index contributed by atoms with van der Waals surface area (Å²) >= 11 is 0. The summed E-state index contributed by atoms with van der Waals surface area (Å²) in [6, 6.07) is 4.00. The molecule has 0 radical (unpaired) electrons. The van der Waals surface area contributed by atoms with Crippen molar-refractivity contribution in [2.24, 2.45) is 0 Å². The first-order chi connectivity index (χ1) is 11.4. The summed E-state index contributed by atoms with van der Waals surface area (Å²) in [6.45, 7) is 7.01. The Morgan fingerprint density at radius 1 is 1.25 bits per heavy atom. The Labute approximate surface area is 138 Å². The number of hydrogen-bond acceptors (Lipinski definition) is 7. The second-order valence-electron chi connectivity index (χ2n) is 6.58. The molecule has 24 heavy (non-hydrogen) atoms. The Kier molecular flexibility index (Phi) is 3.27. The van der Waals surface area contributed by atoms with Crippen LogP contribution < -0.4 is 4.90 Å². The van der Waals surface area contributed by atoms with Crippen LogP contribution in [0.25, 0.3) is 5.65 Å². The summed E-state index contributed by atoms with van der Waals surface area (Å²) in [6.07, 6.45) is 2.41. The number of β-amino-alcohol motifs (C(OH)–C–C–N with tert-alkyl or cyclic N) is 1. The molecule has 4 rings (SSSR count). The molecule has 0 amide bonds. The van der Waals surface area contributed by atoms with Gasteiger partial charge in [0.2, 0.25) is 0 Å². The molecule has 126 valence electrons. The normalized spacial score (nSPS) is 21.3. The van der Waals surface area contributed by atoms with Gasteiger partial charge in [-0.3, -0.25) is 0 Å². The summed E-state index contributed by atoms with van der Waals surface area (Å²) in [5, 5.41) is 28.0. The third-order valence-corrected chi connectivity index (χ3v) is 4.39. The fourth-order valence-corrected chi connectivity index (χ4v) is 2.99. The van der Waals surface area contributed by atoms with Gasteiger partial charge in [-0.2, -0.15) is 0 Å². The van der Waals surface area contributed by atoms with E-state index in [0.29, 0.717) is 36.7 Å². The largest absolute Gasteiger partial charge is 0.381 e. The average Bonchev–Trinajstić information content (AvgIpc) is 3.23. The quantitative estimate of drug-likeness (QED) is 0.756. The zero-order valence-electron chi connectivity index (χ0n) is 14.0. The van der Waals surface area contributed by atoms with Crippen LogP contribution in [0.5, 0.6) is 0 Å². The van der Waals surface area contributed by atoms with Crippen molar-refractivity contribution in [2.45, 2.75) is 38.8 Å². The van der Waals surface area contributed by atoms with Gasteiger partial charge in [0.25, 0.3) is 0 Å². The maximum absolute atomic E-state index is 11.0. The van der Waals surface area contributed by atoms with Crippen molar-refractivity contribution in [1.82, 2.24) is 34.8 Å². The van der Waals surface area contributed by atoms with Gasteiger partial charge in [0.05, 0.1) is 12.7 Å². The zero-order valence-corrected chi connectivity index (χ0v) is 14.0. The lowest BCUT2D eigenvalue weighted by Gasteiger charge is -2.21. The maximum atomic E-state index is 11.0. The van der Waals surface area contributed by atoms with Crippen LogP contribution in [0.15, 0.2) is 18.3 Å². The van der Waals surface area contributed by atoms with E-state index in [1.165, 1.54) is 4.63 Å². The minimum atomic E-state index is -1.01. The third kappa shape index (κ3) is 2.41. The molecule has 0 aliphatic carbocycles. The Hall–Kier alpha value is -2.55. The van der Waals surface area contributed by atoms with Crippen LogP contribution in [0, 0.1) is 6.92 Å². The molecule has 1 saturated heterocycles. The molecular weight excluding hydrogens is 308 g/mol. The molecule has 0 bridgehead atoms. The highest BCUT2D eigenvalue weighted by Crippen LogP contribution is 2.33. The Morgan fingerprint density at radius 3 is 2.83 bits per heavy atom. The highest BCUT2D eigenvalue weighted by Gasteiger charge is 2.41. The van der Waals surface area contributed by atoms with E-state index in [2.05, 4.69) is 25.5 Å². The summed E-state index contributed by atoms with van der Waals surface area (Å²) in [7, 11) is 0. The van der Waals surface area contributed by atoms with Crippen molar-refractivity contribution in [3.63, 3.8) is 0 Å². The Balaban J connectivity index is 1.59. The zero-order chi connectivity index (χ0) is 16.9. The first-order valence-electron chi connectivity index (χ1n) is 8.05. The molecule has 1 fully saturated rings. The SMILES string of the molecule is Cc1nc2ccc(N3CC[C@](O)(c4cn(C(C)C)nn4)C3)nn2n1.